The van der Waals surface area contributed by atoms with E-state index < -0.39 is 20.2 Å². The molecule has 0 fully saturated rings. The maximum absolute atomic E-state index is 6.33. The Morgan fingerprint density at radius 2 is 1.33 bits per heavy atom. The molecule has 0 aliphatic carbocycles. The van der Waals surface area contributed by atoms with Gasteiger partial charge in [-0.25, -0.2) is 0 Å². The maximum atomic E-state index is 6.33. The Hall–Kier alpha value is 0.719. The van der Waals surface area contributed by atoms with Gasteiger partial charge < -0.3 is 0 Å². The van der Waals surface area contributed by atoms with Crippen molar-refractivity contribution in [3.05, 3.63) is 0 Å². The fourth-order valence-corrected chi connectivity index (χ4v) is 10.5. The molecule has 0 heterocycles. The van der Waals surface area contributed by atoms with Crippen LogP contribution in [0.1, 0.15) is 98.8 Å². The molecule has 145 valence electrons. The molecule has 0 aromatic carbocycles. The summed E-state index contributed by atoms with van der Waals surface area (Å²) in [6.07, 6.45) is 13.3. The van der Waals surface area contributed by atoms with Crippen LogP contribution in [0.5, 0.6) is 0 Å². The molecule has 0 aromatic rings. The molecule has 0 bridgehead atoms. The van der Waals surface area contributed by atoms with E-state index in [2.05, 4.69) is 34.6 Å². The van der Waals surface area contributed by atoms with Crippen molar-refractivity contribution in [2.45, 2.75) is 108 Å². The number of unbranched alkanes of at least 4 members (excludes halogenated alkanes) is 3. The first-order chi connectivity index (χ1) is 11.7. The molecule has 0 amide bonds. The van der Waals surface area contributed by atoms with E-state index in [1.165, 1.54) is 73.1 Å². The van der Waals surface area contributed by atoms with Gasteiger partial charge in [-0.05, 0) is 0 Å². The Bertz CT molecular complexity index is 248. The van der Waals surface area contributed by atoms with Crippen molar-refractivity contribution in [3.63, 3.8) is 0 Å². The molecule has 0 N–H and O–H groups in total. The molecule has 24 heavy (non-hydrogen) atoms. The van der Waals surface area contributed by atoms with Crippen LogP contribution in [0.2, 0.25) is 8.87 Å². The van der Waals surface area contributed by atoms with Crippen LogP contribution in [0.15, 0.2) is 0 Å². The molecule has 0 saturated heterocycles. The van der Waals surface area contributed by atoms with Crippen molar-refractivity contribution in [2.75, 3.05) is 13.4 Å². The Morgan fingerprint density at radius 1 is 0.750 bits per heavy atom. The summed E-state index contributed by atoms with van der Waals surface area (Å²) in [5, 5.41) is 0. The molecule has 0 aromatic heterocycles. The molecule has 0 rings (SSSR count). The Kier molecular flexibility index (Phi) is 19.1. The summed E-state index contributed by atoms with van der Waals surface area (Å²) in [6, 6.07) is 0. The van der Waals surface area contributed by atoms with Gasteiger partial charge in [0, 0.05) is 0 Å². The zero-order chi connectivity index (χ0) is 18.0. The van der Waals surface area contributed by atoms with E-state index in [9.17, 15) is 0 Å². The van der Waals surface area contributed by atoms with E-state index in [-0.39, 0.29) is 0 Å². The second-order valence-electron chi connectivity index (χ2n) is 7.31. The third-order valence-electron chi connectivity index (χ3n) is 5.11. The van der Waals surface area contributed by atoms with Gasteiger partial charge in [-0.15, -0.1) is 0 Å². The normalized spacial score (nSPS) is 14.2. The van der Waals surface area contributed by atoms with Gasteiger partial charge in [0.25, 0.3) is 0 Å². The predicted molar refractivity (Wildman–Crippen MR) is 109 cm³/mol. The first-order valence-corrected chi connectivity index (χ1v) is 16.0. The van der Waals surface area contributed by atoms with Crippen LogP contribution in [0, 0.1) is 11.8 Å². The molecule has 2 atom stereocenters. The third-order valence-corrected chi connectivity index (χ3v) is 12.2. The second kappa shape index (κ2) is 18.5. The minimum absolute atomic E-state index is 0.575. The van der Waals surface area contributed by atoms with Crippen LogP contribution in [-0.2, 0) is 7.81 Å². The molecule has 0 aliphatic heterocycles. The quantitative estimate of drug-likeness (QED) is 0.125. The summed E-state index contributed by atoms with van der Waals surface area (Å²) in [4.78, 5) is 0. The van der Waals surface area contributed by atoms with Gasteiger partial charge in [0.05, 0.1) is 0 Å². The Balaban J connectivity index is 4.12. The van der Waals surface area contributed by atoms with E-state index in [4.69, 9.17) is 7.81 Å². The SMILES string of the molecule is CCCCC(CC)COC[O][Sn]([CH2]CCC)[CH2]C(CC)CCCC. The Morgan fingerprint density at radius 3 is 1.88 bits per heavy atom. The topological polar surface area (TPSA) is 18.5 Å². The summed E-state index contributed by atoms with van der Waals surface area (Å²) >= 11 is -1.70. The summed E-state index contributed by atoms with van der Waals surface area (Å²) in [6.45, 7) is 13.0. The van der Waals surface area contributed by atoms with Gasteiger partial charge >= 0.3 is 161 Å². The van der Waals surface area contributed by atoms with Gasteiger partial charge in [0.1, 0.15) is 0 Å². The summed E-state index contributed by atoms with van der Waals surface area (Å²) < 4.78 is 15.0. The number of hydrogen-bond acceptors (Lipinski definition) is 2. The van der Waals surface area contributed by atoms with Crippen molar-refractivity contribution in [3.8, 4) is 0 Å². The summed E-state index contributed by atoms with van der Waals surface area (Å²) in [5.74, 6) is 1.63. The zero-order valence-corrected chi connectivity index (χ0v) is 20.2. The van der Waals surface area contributed by atoms with E-state index in [1.54, 1.807) is 0 Å². The molecule has 2 unspecified atom stereocenters. The number of rotatable bonds is 18. The molecule has 3 heteroatoms. The number of hydrogen-bond donors (Lipinski definition) is 0. The molecular formula is C21H45O2Sn. The molecular weight excluding hydrogens is 403 g/mol. The third kappa shape index (κ3) is 13.9. The number of ether oxygens (including phenoxy) is 1. The molecule has 0 spiro atoms. The van der Waals surface area contributed by atoms with E-state index in [1.807, 2.05) is 0 Å². The standard InChI is InChI=1S/C9H19O2.C8H17.C4H9.Sn/c1-3-5-6-9(4-2)7-11-8-10;1-4-6-7-8(3)5-2;1-3-4-2;/h9H,3-8H2,1-2H3;8H,3-7H2,1-2H3;1,3-4H2,2H3;/q-1;;;+1. The van der Waals surface area contributed by atoms with Crippen LogP contribution in [0.4, 0.5) is 0 Å². The molecule has 0 saturated carbocycles. The van der Waals surface area contributed by atoms with Crippen molar-refractivity contribution in [2.24, 2.45) is 11.8 Å². The van der Waals surface area contributed by atoms with Crippen LogP contribution < -0.4 is 0 Å². The molecule has 1 radical (unpaired) electrons. The minimum atomic E-state index is -1.70. The van der Waals surface area contributed by atoms with Crippen LogP contribution in [0.3, 0.4) is 0 Å². The first kappa shape index (κ1) is 24.7. The van der Waals surface area contributed by atoms with Gasteiger partial charge in [0.15, 0.2) is 0 Å². The van der Waals surface area contributed by atoms with Gasteiger partial charge in [-0.2, -0.15) is 0 Å². The van der Waals surface area contributed by atoms with Gasteiger partial charge in [-0.1, -0.05) is 0 Å². The first-order valence-electron chi connectivity index (χ1n) is 10.8. The predicted octanol–water partition coefficient (Wildman–Crippen LogP) is 7.20. The fraction of sp³-hybridized carbons (Fsp3) is 1.00. The van der Waals surface area contributed by atoms with Crippen molar-refractivity contribution < 1.29 is 7.81 Å². The van der Waals surface area contributed by atoms with Gasteiger partial charge in [0.2, 0.25) is 0 Å². The second-order valence-corrected chi connectivity index (χ2v) is 13.8. The van der Waals surface area contributed by atoms with Crippen LogP contribution in [-0.4, -0.2) is 33.6 Å². The average molecular weight is 448 g/mol. The van der Waals surface area contributed by atoms with Crippen molar-refractivity contribution in [1.29, 1.82) is 0 Å². The average Bonchev–Trinajstić information content (AvgIpc) is 2.61. The van der Waals surface area contributed by atoms with E-state index in [0.29, 0.717) is 6.79 Å². The fourth-order valence-electron chi connectivity index (χ4n) is 3.11. The van der Waals surface area contributed by atoms with Crippen LogP contribution >= 0.6 is 0 Å². The van der Waals surface area contributed by atoms with E-state index in [0.717, 1.165) is 18.4 Å². The van der Waals surface area contributed by atoms with Crippen molar-refractivity contribution in [1.82, 2.24) is 0 Å². The molecule has 2 nitrogen and oxygen atoms in total. The van der Waals surface area contributed by atoms with Crippen molar-refractivity contribution >= 4 is 20.2 Å². The summed E-state index contributed by atoms with van der Waals surface area (Å²) in [7, 11) is 0. The Labute approximate surface area is 160 Å². The monoisotopic (exact) mass is 449 g/mol. The van der Waals surface area contributed by atoms with Crippen LogP contribution in [0.25, 0.3) is 0 Å². The van der Waals surface area contributed by atoms with Gasteiger partial charge in [-0.3, -0.25) is 0 Å². The molecule has 0 aliphatic rings. The summed E-state index contributed by atoms with van der Waals surface area (Å²) in [5.41, 5.74) is 0. The zero-order valence-electron chi connectivity index (χ0n) is 17.4. The van der Waals surface area contributed by atoms with E-state index >= 15 is 0 Å².